The van der Waals surface area contributed by atoms with Crippen molar-refractivity contribution < 1.29 is 4.79 Å². The normalized spacial score (nSPS) is 22.5. The van der Waals surface area contributed by atoms with Crippen LogP contribution >= 0.6 is 0 Å². The molecular weight excluding hydrogens is 242 g/mol. The van der Waals surface area contributed by atoms with E-state index in [1.807, 2.05) is 13.8 Å². The van der Waals surface area contributed by atoms with Crippen molar-refractivity contribution >= 4 is 11.9 Å². The third-order valence-electron chi connectivity index (χ3n) is 3.77. The van der Waals surface area contributed by atoms with Gasteiger partial charge in [0.05, 0.1) is 16.8 Å². The van der Waals surface area contributed by atoms with Crippen molar-refractivity contribution in [3.63, 3.8) is 0 Å². The lowest BCUT2D eigenvalue weighted by Gasteiger charge is -2.25. The Morgan fingerprint density at radius 3 is 2.74 bits per heavy atom. The molecule has 0 saturated carbocycles. The van der Waals surface area contributed by atoms with E-state index in [0.29, 0.717) is 5.95 Å². The summed E-state index contributed by atoms with van der Waals surface area (Å²) in [7, 11) is 0. The molecule has 2 rings (SSSR count). The lowest BCUT2D eigenvalue weighted by molar-refractivity contribution is -0.125. The highest BCUT2D eigenvalue weighted by atomic mass is 16.2. The number of hydrogen-bond donors (Lipinski definition) is 2. The molecule has 1 amide bonds. The molecule has 0 spiro atoms. The molecule has 19 heavy (non-hydrogen) atoms. The molecule has 2 heterocycles. The van der Waals surface area contributed by atoms with Gasteiger partial charge in [0.15, 0.2) is 0 Å². The Hall–Kier alpha value is -1.56. The van der Waals surface area contributed by atoms with Gasteiger partial charge in [-0.2, -0.15) is 5.10 Å². The molecule has 1 fully saturated rings. The van der Waals surface area contributed by atoms with Gasteiger partial charge < -0.3 is 5.32 Å². The summed E-state index contributed by atoms with van der Waals surface area (Å²) in [5.41, 5.74) is 1.25. The van der Waals surface area contributed by atoms with Gasteiger partial charge in [-0.15, -0.1) is 5.10 Å². The second-order valence-corrected chi connectivity index (χ2v) is 5.22. The van der Waals surface area contributed by atoms with E-state index in [-0.39, 0.29) is 11.3 Å². The number of carbonyl (C=O) groups is 1. The summed E-state index contributed by atoms with van der Waals surface area (Å²) < 4.78 is 0. The van der Waals surface area contributed by atoms with E-state index in [1.54, 1.807) is 0 Å². The molecule has 2 N–H and O–H groups in total. The van der Waals surface area contributed by atoms with Crippen molar-refractivity contribution in [1.29, 1.82) is 0 Å². The minimum absolute atomic E-state index is 0.00408. The molecular formula is C13H21N5O. The summed E-state index contributed by atoms with van der Waals surface area (Å²) in [6, 6.07) is 0. The summed E-state index contributed by atoms with van der Waals surface area (Å²) in [6.07, 6.45) is 2.73. The molecule has 1 atom stereocenters. The fraction of sp³-hybridized carbons (Fsp3) is 0.692. The Bertz CT molecular complexity index is 468. The Morgan fingerprint density at radius 1 is 1.37 bits per heavy atom. The van der Waals surface area contributed by atoms with Crippen LogP contribution in [0.5, 0.6) is 0 Å². The van der Waals surface area contributed by atoms with Crippen LogP contribution in [0.1, 0.15) is 37.6 Å². The Balaban J connectivity index is 2.12. The van der Waals surface area contributed by atoms with Crippen molar-refractivity contribution in [3.05, 3.63) is 11.4 Å². The SMILES string of the molecule is CCCC1(C(=O)Nc2nnc(C)c(C)n2)CCNC1. The third kappa shape index (κ3) is 2.89. The molecule has 6 nitrogen and oxygen atoms in total. The van der Waals surface area contributed by atoms with Crippen molar-refractivity contribution in [3.8, 4) is 0 Å². The Morgan fingerprint density at radius 2 is 2.16 bits per heavy atom. The number of nitrogens with zero attached hydrogens (tertiary/aromatic N) is 3. The standard InChI is InChI=1S/C13H21N5O/c1-4-5-13(6-7-14-8-13)11(19)16-12-15-9(2)10(3)17-18-12/h14H,4-8H2,1-3H3,(H,15,16,18,19). The molecule has 0 radical (unpaired) electrons. The molecule has 1 unspecified atom stereocenters. The summed E-state index contributed by atoms with van der Waals surface area (Å²) in [5.74, 6) is 0.305. The maximum Gasteiger partial charge on any atom is 0.249 e. The van der Waals surface area contributed by atoms with Gasteiger partial charge in [0.1, 0.15) is 0 Å². The highest BCUT2D eigenvalue weighted by molar-refractivity contribution is 5.94. The van der Waals surface area contributed by atoms with Gasteiger partial charge in [-0.05, 0) is 33.2 Å². The van der Waals surface area contributed by atoms with E-state index < -0.39 is 0 Å². The summed E-state index contributed by atoms with van der Waals surface area (Å²) in [6.45, 7) is 7.42. The Labute approximate surface area is 113 Å². The molecule has 1 aromatic rings. The van der Waals surface area contributed by atoms with Crippen LogP contribution in [0.2, 0.25) is 0 Å². The van der Waals surface area contributed by atoms with Crippen LogP contribution in [0.3, 0.4) is 0 Å². The van der Waals surface area contributed by atoms with Crippen LogP contribution < -0.4 is 10.6 Å². The number of hydrogen-bond acceptors (Lipinski definition) is 5. The van der Waals surface area contributed by atoms with Crippen LogP contribution in [-0.2, 0) is 4.79 Å². The zero-order chi connectivity index (χ0) is 13.9. The van der Waals surface area contributed by atoms with Gasteiger partial charge in [0, 0.05) is 6.54 Å². The number of carbonyl (C=O) groups excluding carboxylic acids is 1. The maximum atomic E-state index is 12.5. The van der Waals surface area contributed by atoms with Crippen LogP contribution in [0, 0.1) is 19.3 Å². The number of nitrogens with one attached hydrogen (secondary N) is 2. The lowest BCUT2D eigenvalue weighted by atomic mass is 9.81. The van der Waals surface area contributed by atoms with E-state index in [0.717, 1.165) is 43.7 Å². The molecule has 104 valence electrons. The first-order valence-electron chi connectivity index (χ1n) is 6.77. The summed E-state index contributed by atoms with van der Waals surface area (Å²) >= 11 is 0. The van der Waals surface area contributed by atoms with Crippen LogP contribution in [0.15, 0.2) is 0 Å². The average Bonchev–Trinajstić information content (AvgIpc) is 2.84. The topological polar surface area (TPSA) is 79.8 Å². The minimum Gasteiger partial charge on any atom is -0.316 e. The fourth-order valence-electron chi connectivity index (χ4n) is 2.49. The van der Waals surface area contributed by atoms with Gasteiger partial charge >= 0.3 is 0 Å². The third-order valence-corrected chi connectivity index (χ3v) is 3.77. The predicted octanol–water partition coefficient (Wildman–Crippen LogP) is 1.21. The maximum absolute atomic E-state index is 12.5. The van der Waals surface area contributed by atoms with Gasteiger partial charge in [0.25, 0.3) is 0 Å². The largest absolute Gasteiger partial charge is 0.316 e. The number of rotatable bonds is 4. The molecule has 0 bridgehead atoms. The van der Waals surface area contributed by atoms with Gasteiger partial charge in [0.2, 0.25) is 11.9 Å². The van der Waals surface area contributed by atoms with E-state index in [2.05, 4.69) is 32.7 Å². The van der Waals surface area contributed by atoms with Gasteiger partial charge in [-0.25, -0.2) is 4.98 Å². The zero-order valence-electron chi connectivity index (χ0n) is 11.8. The first kappa shape index (κ1) is 13.9. The smallest absolute Gasteiger partial charge is 0.249 e. The molecule has 1 aliphatic rings. The Kier molecular flexibility index (Phi) is 4.09. The molecule has 0 aromatic carbocycles. The first-order valence-corrected chi connectivity index (χ1v) is 6.77. The molecule has 0 aliphatic carbocycles. The van der Waals surface area contributed by atoms with Crippen molar-refractivity contribution in [1.82, 2.24) is 20.5 Å². The average molecular weight is 263 g/mol. The monoisotopic (exact) mass is 263 g/mol. The number of anilines is 1. The number of aryl methyl sites for hydroxylation is 2. The molecule has 1 saturated heterocycles. The van der Waals surface area contributed by atoms with Gasteiger partial charge in [-0.3, -0.25) is 10.1 Å². The lowest BCUT2D eigenvalue weighted by Crippen LogP contribution is -2.38. The van der Waals surface area contributed by atoms with E-state index in [1.165, 1.54) is 0 Å². The van der Waals surface area contributed by atoms with Crippen LogP contribution in [-0.4, -0.2) is 34.2 Å². The summed E-state index contributed by atoms with van der Waals surface area (Å²) in [4.78, 5) is 16.7. The first-order chi connectivity index (χ1) is 9.07. The number of amides is 1. The van der Waals surface area contributed by atoms with Crippen LogP contribution in [0.4, 0.5) is 5.95 Å². The second kappa shape index (κ2) is 5.61. The van der Waals surface area contributed by atoms with Crippen molar-refractivity contribution in [2.75, 3.05) is 18.4 Å². The minimum atomic E-state index is -0.323. The predicted molar refractivity (Wildman–Crippen MR) is 72.8 cm³/mol. The van der Waals surface area contributed by atoms with E-state index in [4.69, 9.17) is 0 Å². The van der Waals surface area contributed by atoms with E-state index in [9.17, 15) is 4.79 Å². The number of aromatic nitrogens is 3. The van der Waals surface area contributed by atoms with Gasteiger partial charge in [-0.1, -0.05) is 13.3 Å². The van der Waals surface area contributed by atoms with Crippen molar-refractivity contribution in [2.45, 2.75) is 40.0 Å². The highest BCUT2D eigenvalue weighted by Gasteiger charge is 2.40. The summed E-state index contributed by atoms with van der Waals surface area (Å²) in [5, 5.41) is 14.0. The highest BCUT2D eigenvalue weighted by Crippen LogP contribution is 2.32. The van der Waals surface area contributed by atoms with E-state index >= 15 is 0 Å². The fourth-order valence-corrected chi connectivity index (χ4v) is 2.49. The van der Waals surface area contributed by atoms with Crippen molar-refractivity contribution in [2.24, 2.45) is 5.41 Å². The second-order valence-electron chi connectivity index (χ2n) is 5.22. The quantitative estimate of drug-likeness (QED) is 0.853. The zero-order valence-corrected chi connectivity index (χ0v) is 11.8. The molecule has 6 heteroatoms. The molecule has 1 aromatic heterocycles. The molecule has 1 aliphatic heterocycles. The van der Waals surface area contributed by atoms with Crippen LogP contribution in [0.25, 0.3) is 0 Å².